The molecular formula is C22H29N2O4+. The zero-order valence-corrected chi connectivity index (χ0v) is 16.7. The molecule has 1 aromatic heterocycles. The smallest absolute Gasteiger partial charge is 0.337 e. The van der Waals surface area contributed by atoms with Crippen molar-refractivity contribution >= 4 is 16.9 Å². The van der Waals surface area contributed by atoms with Crippen LogP contribution in [0.3, 0.4) is 0 Å². The number of aromatic nitrogens is 1. The number of H-pyrrole nitrogens is 1. The molecule has 150 valence electrons. The number of ether oxygens (including phenoxy) is 2. The molecule has 0 amide bonds. The molecule has 3 heterocycles. The Balaban J connectivity index is 1.76. The molecule has 1 fully saturated rings. The molecule has 0 aliphatic carbocycles. The fourth-order valence-corrected chi connectivity index (χ4v) is 5.37. The van der Waals surface area contributed by atoms with Crippen LogP contribution in [0.5, 0.6) is 5.75 Å². The summed E-state index contributed by atoms with van der Waals surface area (Å²) in [5, 5.41) is 11.0. The summed E-state index contributed by atoms with van der Waals surface area (Å²) in [4.78, 5) is 17.5. The van der Waals surface area contributed by atoms with E-state index >= 15 is 0 Å². The topological polar surface area (TPSA) is 76.0 Å². The van der Waals surface area contributed by atoms with Gasteiger partial charge >= 0.3 is 5.97 Å². The maximum atomic E-state index is 12.3. The Bertz CT molecular complexity index is 917. The Labute approximate surface area is 165 Å². The number of piperidine rings is 1. The molecule has 2 unspecified atom stereocenters. The van der Waals surface area contributed by atoms with Crippen molar-refractivity contribution in [2.45, 2.75) is 32.2 Å². The van der Waals surface area contributed by atoms with E-state index in [2.05, 4.69) is 18.0 Å². The number of aromatic amines is 1. The first-order chi connectivity index (χ1) is 13.6. The second kappa shape index (κ2) is 7.51. The fourth-order valence-electron chi connectivity index (χ4n) is 5.37. The van der Waals surface area contributed by atoms with Gasteiger partial charge in [0, 0.05) is 35.6 Å². The van der Waals surface area contributed by atoms with Gasteiger partial charge in [-0.1, -0.05) is 13.0 Å². The third-order valence-electron chi connectivity index (χ3n) is 6.75. The van der Waals surface area contributed by atoms with E-state index < -0.39 is 5.97 Å². The van der Waals surface area contributed by atoms with Crippen LogP contribution in [0, 0.1) is 11.8 Å². The van der Waals surface area contributed by atoms with Crippen LogP contribution >= 0.6 is 0 Å². The van der Waals surface area contributed by atoms with Crippen molar-refractivity contribution < 1.29 is 24.3 Å². The van der Waals surface area contributed by atoms with E-state index in [-0.39, 0.29) is 12.0 Å². The molecule has 4 rings (SSSR count). The number of carbonyl (C=O) groups is 1. The number of rotatable bonds is 4. The lowest BCUT2D eigenvalue weighted by Crippen LogP contribution is -3.15. The minimum absolute atomic E-state index is 0.00421. The maximum absolute atomic E-state index is 12.3. The van der Waals surface area contributed by atoms with Crippen LogP contribution in [0.4, 0.5) is 0 Å². The van der Waals surface area contributed by atoms with E-state index in [1.165, 1.54) is 23.8 Å². The molecule has 0 spiro atoms. The average molecular weight is 385 g/mol. The molecule has 0 radical (unpaired) electrons. The van der Waals surface area contributed by atoms with Crippen molar-refractivity contribution in [3.05, 3.63) is 41.3 Å². The molecule has 0 bridgehead atoms. The largest absolute Gasteiger partial charge is 0.515 e. The van der Waals surface area contributed by atoms with Crippen molar-refractivity contribution in [3.8, 4) is 5.75 Å². The van der Waals surface area contributed by atoms with Gasteiger partial charge in [0.1, 0.15) is 11.8 Å². The minimum Gasteiger partial charge on any atom is -0.515 e. The molecule has 2 aliphatic heterocycles. The van der Waals surface area contributed by atoms with Gasteiger partial charge in [0.05, 0.1) is 44.8 Å². The van der Waals surface area contributed by atoms with E-state index in [0.717, 1.165) is 49.9 Å². The SMILES string of the molecule is CC[C@@H]1C[NH+]2CCc3c([nH]c4cccc(OC)c34)C2C[C@@H]1/C(=C\O)C(=O)OC. The van der Waals surface area contributed by atoms with Crippen LogP contribution < -0.4 is 9.64 Å². The summed E-state index contributed by atoms with van der Waals surface area (Å²) in [5.74, 6) is 0.825. The quantitative estimate of drug-likeness (QED) is 0.429. The second-order valence-corrected chi connectivity index (χ2v) is 7.90. The Morgan fingerprint density at radius 2 is 2.21 bits per heavy atom. The first-order valence-corrected chi connectivity index (χ1v) is 10.1. The van der Waals surface area contributed by atoms with Crippen LogP contribution in [-0.4, -0.2) is 43.4 Å². The second-order valence-electron chi connectivity index (χ2n) is 7.90. The molecule has 0 saturated carbocycles. The number of quaternary nitrogens is 1. The van der Waals surface area contributed by atoms with Crippen LogP contribution in [0.2, 0.25) is 0 Å². The Morgan fingerprint density at radius 3 is 2.89 bits per heavy atom. The predicted molar refractivity (Wildman–Crippen MR) is 107 cm³/mol. The highest BCUT2D eigenvalue weighted by Gasteiger charge is 2.45. The molecule has 6 nitrogen and oxygen atoms in total. The van der Waals surface area contributed by atoms with Gasteiger partial charge in [0.15, 0.2) is 0 Å². The fraction of sp³-hybridized carbons (Fsp3) is 0.500. The van der Waals surface area contributed by atoms with Crippen molar-refractivity contribution in [1.82, 2.24) is 4.98 Å². The zero-order chi connectivity index (χ0) is 19.8. The third kappa shape index (κ3) is 2.87. The van der Waals surface area contributed by atoms with Crippen molar-refractivity contribution in [2.24, 2.45) is 11.8 Å². The van der Waals surface area contributed by atoms with Gasteiger partial charge in [0.2, 0.25) is 0 Å². The third-order valence-corrected chi connectivity index (χ3v) is 6.75. The monoisotopic (exact) mass is 385 g/mol. The highest BCUT2D eigenvalue weighted by Crippen LogP contribution is 2.40. The normalized spacial score (nSPS) is 27.2. The van der Waals surface area contributed by atoms with Crippen molar-refractivity contribution in [3.63, 3.8) is 0 Å². The van der Waals surface area contributed by atoms with Crippen LogP contribution in [0.1, 0.15) is 37.1 Å². The summed E-state index contributed by atoms with van der Waals surface area (Å²) >= 11 is 0. The van der Waals surface area contributed by atoms with Gasteiger partial charge in [-0.25, -0.2) is 4.79 Å². The zero-order valence-electron chi connectivity index (χ0n) is 16.7. The highest BCUT2D eigenvalue weighted by atomic mass is 16.5. The van der Waals surface area contributed by atoms with E-state index in [0.29, 0.717) is 11.5 Å². The number of esters is 1. The summed E-state index contributed by atoms with van der Waals surface area (Å²) in [6.07, 6.45) is 3.77. The minimum atomic E-state index is -0.427. The lowest BCUT2D eigenvalue weighted by molar-refractivity contribution is -0.944. The number of hydrogen-bond acceptors (Lipinski definition) is 4. The number of methoxy groups -OCH3 is 2. The standard InChI is InChI=1S/C22H28N2O4/c1-4-13-11-24-9-8-14-20-17(6-5-7-19(20)27-2)23-21(14)18(24)10-15(13)16(12-25)22(26)28-3/h5-7,12-13,15,18,23,25H,4,8-11H2,1-3H3/p+1/b16-12+/t13-,15+,18?/m1/s1. The number of benzene rings is 1. The molecule has 6 heteroatoms. The van der Waals surface area contributed by atoms with Crippen molar-refractivity contribution in [1.29, 1.82) is 0 Å². The van der Waals surface area contributed by atoms with Gasteiger partial charge in [-0.15, -0.1) is 0 Å². The molecule has 2 aliphatic rings. The predicted octanol–water partition coefficient (Wildman–Crippen LogP) is 2.32. The van der Waals surface area contributed by atoms with E-state index in [4.69, 9.17) is 9.47 Å². The number of aliphatic hydroxyl groups is 1. The summed E-state index contributed by atoms with van der Waals surface area (Å²) < 4.78 is 10.5. The molecule has 1 saturated heterocycles. The maximum Gasteiger partial charge on any atom is 0.337 e. The van der Waals surface area contributed by atoms with Crippen LogP contribution in [0.25, 0.3) is 10.9 Å². The molecule has 4 atom stereocenters. The molecule has 28 heavy (non-hydrogen) atoms. The van der Waals surface area contributed by atoms with Gasteiger partial charge in [-0.2, -0.15) is 0 Å². The van der Waals surface area contributed by atoms with Gasteiger partial charge in [-0.05, 0) is 24.1 Å². The summed E-state index contributed by atoms with van der Waals surface area (Å²) in [5.41, 5.74) is 4.09. The first-order valence-electron chi connectivity index (χ1n) is 10.1. The van der Waals surface area contributed by atoms with Gasteiger partial charge in [-0.3, -0.25) is 0 Å². The van der Waals surface area contributed by atoms with Gasteiger partial charge < -0.3 is 24.5 Å². The number of hydrogen-bond donors (Lipinski definition) is 3. The van der Waals surface area contributed by atoms with Crippen LogP contribution in [0.15, 0.2) is 30.0 Å². The Hall–Kier alpha value is -2.47. The average Bonchev–Trinajstić information content (AvgIpc) is 3.12. The van der Waals surface area contributed by atoms with Gasteiger partial charge in [0.25, 0.3) is 0 Å². The first kappa shape index (κ1) is 18.9. The lowest BCUT2D eigenvalue weighted by atomic mass is 9.74. The number of carbonyl (C=O) groups excluding carboxylic acids is 1. The molecule has 1 aromatic carbocycles. The number of nitrogens with one attached hydrogen (secondary N) is 2. The van der Waals surface area contributed by atoms with E-state index in [9.17, 15) is 9.90 Å². The number of aliphatic hydroxyl groups excluding tert-OH is 1. The van der Waals surface area contributed by atoms with E-state index in [1.807, 2.05) is 12.1 Å². The molecular weight excluding hydrogens is 356 g/mol. The number of fused-ring (bicyclic) bond motifs is 5. The summed E-state index contributed by atoms with van der Waals surface area (Å²) in [7, 11) is 3.08. The van der Waals surface area contributed by atoms with Crippen LogP contribution in [-0.2, 0) is 16.0 Å². The Morgan fingerprint density at radius 1 is 1.39 bits per heavy atom. The summed E-state index contributed by atoms with van der Waals surface area (Å²) in [6, 6.07) is 6.39. The summed E-state index contributed by atoms with van der Waals surface area (Å²) in [6.45, 7) is 4.22. The highest BCUT2D eigenvalue weighted by molar-refractivity contribution is 5.91. The molecule has 2 aromatic rings. The van der Waals surface area contributed by atoms with E-state index in [1.54, 1.807) is 12.0 Å². The Kier molecular flexibility index (Phi) is 5.06. The lowest BCUT2D eigenvalue weighted by Gasteiger charge is -2.43. The van der Waals surface area contributed by atoms with Crippen molar-refractivity contribution in [2.75, 3.05) is 27.3 Å². The molecule has 3 N–H and O–H groups in total.